The average molecular weight is 236 g/mol. The van der Waals surface area contributed by atoms with Gasteiger partial charge in [-0.1, -0.05) is 13.8 Å². The Balaban J connectivity index is 3.13. The quantitative estimate of drug-likeness (QED) is 0.640. The van der Waals surface area contributed by atoms with Crippen molar-refractivity contribution in [2.75, 3.05) is 0 Å². The third-order valence-electron chi connectivity index (χ3n) is 2.18. The summed E-state index contributed by atoms with van der Waals surface area (Å²) in [4.78, 5) is 0. The normalized spacial score (nSPS) is 12.2. The van der Waals surface area contributed by atoms with Crippen LogP contribution in [0.5, 0.6) is 5.75 Å². The van der Waals surface area contributed by atoms with Crippen molar-refractivity contribution in [3.63, 3.8) is 0 Å². The molecule has 1 N–H and O–H groups in total. The third-order valence-corrected chi connectivity index (χ3v) is 2.18. The van der Waals surface area contributed by atoms with Crippen molar-refractivity contribution in [2.45, 2.75) is 31.8 Å². The SMILES string of the molecule is [B]C([B])(O)Oc1ccc(C(F)F)cc1C(C)C. The van der Waals surface area contributed by atoms with Gasteiger partial charge >= 0.3 is 0 Å². The van der Waals surface area contributed by atoms with E-state index in [1.54, 1.807) is 0 Å². The molecule has 4 radical (unpaired) electrons. The Morgan fingerprint density at radius 3 is 2.29 bits per heavy atom. The molecule has 0 aromatic heterocycles. The van der Waals surface area contributed by atoms with Crippen molar-refractivity contribution in [1.29, 1.82) is 0 Å². The van der Waals surface area contributed by atoms with Crippen LogP contribution < -0.4 is 4.74 Å². The van der Waals surface area contributed by atoms with Gasteiger partial charge in [-0.25, -0.2) is 8.78 Å². The molecule has 0 bridgehead atoms. The largest absolute Gasteiger partial charge is 0.481 e. The summed E-state index contributed by atoms with van der Waals surface area (Å²) in [7, 11) is 10.2. The number of hydrogen-bond acceptors (Lipinski definition) is 2. The minimum Gasteiger partial charge on any atom is -0.481 e. The number of alkyl halides is 2. The van der Waals surface area contributed by atoms with E-state index in [1.165, 1.54) is 18.2 Å². The summed E-state index contributed by atoms with van der Waals surface area (Å²) in [6, 6.07) is 3.84. The molecule has 0 spiro atoms. The molecular formula is C11H12B2F2O2. The first kappa shape index (κ1) is 14.0. The molecular weight excluding hydrogens is 224 g/mol. The molecule has 1 rings (SSSR count). The van der Waals surface area contributed by atoms with Gasteiger partial charge in [-0.3, -0.25) is 0 Å². The Labute approximate surface area is 102 Å². The van der Waals surface area contributed by atoms with Crippen LogP contribution in [0.25, 0.3) is 0 Å². The standard InChI is InChI=1S/C11H12B2F2O2/c1-6(2)8-5-7(10(14)15)3-4-9(8)17-11(12,13)16/h3-6,10,16H,1-2H3. The highest BCUT2D eigenvalue weighted by molar-refractivity contribution is 6.37. The molecule has 0 atom stereocenters. The molecule has 0 unspecified atom stereocenters. The van der Waals surface area contributed by atoms with E-state index in [0.29, 0.717) is 5.56 Å². The monoisotopic (exact) mass is 236 g/mol. The van der Waals surface area contributed by atoms with E-state index in [9.17, 15) is 8.78 Å². The van der Waals surface area contributed by atoms with E-state index in [0.717, 1.165) is 0 Å². The Kier molecular flexibility index (Phi) is 4.20. The molecule has 0 aliphatic rings. The van der Waals surface area contributed by atoms with Crippen LogP contribution >= 0.6 is 0 Å². The fourth-order valence-electron chi connectivity index (χ4n) is 1.42. The molecule has 0 saturated carbocycles. The molecule has 0 aliphatic carbocycles. The first-order valence-corrected chi connectivity index (χ1v) is 5.12. The smallest absolute Gasteiger partial charge is 0.263 e. The summed E-state index contributed by atoms with van der Waals surface area (Å²) in [5.41, 5.74) is -1.92. The Morgan fingerprint density at radius 2 is 1.88 bits per heavy atom. The van der Waals surface area contributed by atoms with Gasteiger partial charge in [0.2, 0.25) is 0 Å². The zero-order chi connectivity index (χ0) is 13.2. The topological polar surface area (TPSA) is 29.5 Å². The van der Waals surface area contributed by atoms with Gasteiger partial charge in [-0.2, -0.15) is 0 Å². The summed E-state index contributed by atoms with van der Waals surface area (Å²) in [6.45, 7) is 3.62. The number of aliphatic hydroxyl groups is 1. The maximum Gasteiger partial charge on any atom is 0.263 e. The van der Waals surface area contributed by atoms with Crippen LogP contribution in [0.15, 0.2) is 18.2 Å². The minimum absolute atomic E-state index is 0.0638. The van der Waals surface area contributed by atoms with Gasteiger partial charge < -0.3 is 9.84 Å². The highest BCUT2D eigenvalue weighted by Crippen LogP contribution is 2.32. The van der Waals surface area contributed by atoms with E-state index < -0.39 is 12.0 Å². The number of halogens is 2. The summed E-state index contributed by atoms with van der Waals surface area (Å²) < 4.78 is 30.0. The average Bonchev–Trinajstić information content (AvgIpc) is 2.14. The van der Waals surface area contributed by atoms with Gasteiger partial charge in [0.25, 0.3) is 6.43 Å². The molecule has 88 valence electrons. The van der Waals surface area contributed by atoms with Gasteiger partial charge in [0.1, 0.15) is 11.3 Å². The van der Waals surface area contributed by atoms with Crippen molar-refractivity contribution in [3.8, 4) is 5.75 Å². The van der Waals surface area contributed by atoms with E-state index in [2.05, 4.69) is 0 Å². The molecule has 6 heteroatoms. The molecule has 1 aromatic rings. The lowest BCUT2D eigenvalue weighted by molar-refractivity contribution is 0.0118. The van der Waals surface area contributed by atoms with Crippen molar-refractivity contribution in [3.05, 3.63) is 29.3 Å². The number of hydrogen-bond donors (Lipinski definition) is 1. The lowest BCUT2D eigenvalue weighted by Gasteiger charge is -2.24. The van der Waals surface area contributed by atoms with Crippen molar-refractivity contribution >= 4 is 15.7 Å². The van der Waals surface area contributed by atoms with Crippen molar-refractivity contribution in [2.24, 2.45) is 0 Å². The summed E-state index contributed by atoms with van der Waals surface area (Å²) >= 11 is 0. The van der Waals surface area contributed by atoms with Gasteiger partial charge in [0.15, 0.2) is 15.7 Å². The van der Waals surface area contributed by atoms with Crippen LogP contribution in [-0.2, 0) is 0 Å². The van der Waals surface area contributed by atoms with E-state index >= 15 is 0 Å². The summed E-state index contributed by atoms with van der Waals surface area (Å²) in [5.74, 6) is 0.128. The van der Waals surface area contributed by atoms with E-state index in [1.807, 2.05) is 13.8 Å². The molecule has 1 aromatic carbocycles. The van der Waals surface area contributed by atoms with Gasteiger partial charge in [-0.15, -0.1) is 0 Å². The fraction of sp³-hybridized carbons (Fsp3) is 0.455. The zero-order valence-corrected chi connectivity index (χ0v) is 9.65. The summed E-state index contributed by atoms with van der Waals surface area (Å²) in [6.07, 6.45) is -2.56. The number of ether oxygens (including phenoxy) is 1. The first-order valence-electron chi connectivity index (χ1n) is 5.12. The highest BCUT2D eigenvalue weighted by Gasteiger charge is 2.19. The zero-order valence-electron chi connectivity index (χ0n) is 9.65. The fourth-order valence-corrected chi connectivity index (χ4v) is 1.42. The molecule has 0 aliphatic heterocycles. The van der Waals surface area contributed by atoms with E-state index in [-0.39, 0.29) is 17.2 Å². The predicted molar refractivity (Wildman–Crippen MR) is 62.6 cm³/mol. The second kappa shape index (κ2) is 5.08. The maximum atomic E-state index is 12.5. The van der Waals surface area contributed by atoms with Gasteiger partial charge in [0, 0.05) is 5.56 Å². The van der Waals surface area contributed by atoms with Crippen molar-refractivity contribution < 1.29 is 18.6 Å². The lowest BCUT2D eigenvalue weighted by atomic mass is 9.76. The molecule has 0 fully saturated rings. The van der Waals surface area contributed by atoms with Crippen molar-refractivity contribution in [1.82, 2.24) is 0 Å². The molecule has 0 amide bonds. The van der Waals surface area contributed by atoms with E-state index in [4.69, 9.17) is 25.5 Å². The maximum absolute atomic E-state index is 12.5. The van der Waals surface area contributed by atoms with Crippen LogP contribution in [0.2, 0.25) is 0 Å². The second-order valence-corrected chi connectivity index (χ2v) is 4.11. The Hall–Kier alpha value is -1.03. The van der Waals surface area contributed by atoms with Gasteiger partial charge in [0.05, 0.1) is 0 Å². The third kappa shape index (κ3) is 4.04. The molecule has 0 saturated heterocycles. The van der Waals surface area contributed by atoms with Gasteiger partial charge in [-0.05, 0) is 29.7 Å². The minimum atomic E-state index is -2.56. The van der Waals surface area contributed by atoms with Crippen LogP contribution in [-0.4, -0.2) is 26.4 Å². The lowest BCUT2D eigenvalue weighted by Crippen LogP contribution is -2.36. The first-order chi connectivity index (χ1) is 7.70. The van der Waals surface area contributed by atoms with Crippen LogP contribution in [0.1, 0.15) is 37.3 Å². The van der Waals surface area contributed by atoms with Crippen LogP contribution in [0.3, 0.4) is 0 Å². The summed E-state index contributed by atoms with van der Waals surface area (Å²) in [5, 5.41) is 9.14. The Bertz CT molecular complexity index is 390. The second-order valence-electron chi connectivity index (χ2n) is 4.11. The van der Waals surface area contributed by atoms with Crippen LogP contribution in [0.4, 0.5) is 8.78 Å². The molecule has 2 nitrogen and oxygen atoms in total. The molecule has 0 heterocycles. The number of benzene rings is 1. The highest BCUT2D eigenvalue weighted by atomic mass is 19.3. The molecule has 17 heavy (non-hydrogen) atoms. The van der Waals surface area contributed by atoms with Crippen LogP contribution in [0, 0.1) is 0 Å². The Morgan fingerprint density at radius 1 is 1.29 bits per heavy atom. The predicted octanol–water partition coefficient (Wildman–Crippen LogP) is 2.07. The number of rotatable bonds is 4.